The van der Waals surface area contributed by atoms with Gasteiger partial charge in [-0.2, -0.15) is 0 Å². The summed E-state index contributed by atoms with van der Waals surface area (Å²) in [5.74, 6) is 1.92. The first-order chi connectivity index (χ1) is 13.3. The van der Waals surface area contributed by atoms with Crippen molar-refractivity contribution < 1.29 is 19.0 Å². The van der Waals surface area contributed by atoms with Crippen LogP contribution in [-0.2, 0) is 11.3 Å². The van der Waals surface area contributed by atoms with Gasteiger partial charge in [0.05, 0.1) is 13.2 Å². The molecule has 5 nitrogen and oxygen atoms in total. The third kappa shape index (κ3) is 5.91. The van der Waals surface area contributed by atoms with Gasteiger partial charge in [-0.15, -0.1) is 0 Å². The van der Waals surface area contributed by atoms with Crippen molar-refractivity contribution in [2.45, 2.75) is 59.8 Å². The number of benzene rings is 2. The van der Waals surface area contributed by atoms with E-state index in [4.69, 9.17) is 14.2 Å². The Kier molecular flexibility index (Phi) is 7.73. The van der Waals surface area contributed by atoms with E-state index in [-0.39, 0.29) is 12.0 Å². The number of rotatable bonds is 9. The smallest absolute Gasteiger partial charge is 0.261 e. The Bertz CT molecular complexity index is 801. The van der Waals surface area contributed by atoms with Crippen LogP contribution in [-0.4, -0.2) is 25.2 Å². The minimum Gasteiger partial charge on any atom is -0.493 e. The molecule has 1 N–H and O–H groups in total. The first kappa shape index (κ1) is 21.6. The van der Waals surface area contributed by atoms with Crippen LogP contribution in [0.25, 0.3) is 0 Å². The van der Waals surface area contributed by atoms with E-state index < -0.39 is 6.10 Å². The normalized spacial score (nSPS) is 11.8. The van der Waals surface area contributed by atoms with Gasteiger partial charge in [-0.3, -0.25) is 4.79 Å². The van der Waals surface area contributed by atoms with Gasteiger partial charge in [-0.1, -0.05) is 19.1 Å². The maximum absolute atomic E-state index is 12.6. The number of aryl methyl sites for hydroxylation is 2. The minimum absolute atomic E-state index is 0.0623. The molecule has 0 spiro atoms. The Morgan fingerprint density at radius 2 is 1.75 bits per heavy atom. The van der Waals surface area contributed by atoms with E-state index in [2.05, 4.69) is 12.2 Å². The number of amides is 1. The third-order valence-electron chi connectivity index (χ3n) is 4.48. The molecule has 0 radical (unpaired) electrons. The van der Waals surface area contributed by atoms with Crippen molar-refractivity contribution in [3.05, 3.63) is 53.1 Å². The maximum atomic E-state index is 12.6. The van der Waals surface area contributed by atoms with E-state index in [9.17, 15) is 4.79 Å². The molecule has 0 saturated carbocycles. The summed E-state index contributed by atoms with van der Waals surface area (Å²) in [5.41, 5.74) is 3.27. The van der Waals surface area contributed by atoms with E-state index in [1.165, 1.54) is 5.56 Å². The Labute approximate surface area is 168 Å². The van der Waals surface area contributed by atoms with Crippen LogP contribution < -0.4 is 19.5 Å². The predicted molar refractivity (Wildman–Crippen MR) is 111 cm³/mol. The molecule has 0 aliphatic carbocycles. The molecule has 0 aliphatic rings. The lowest BCUT2D eigenvalue weighted by molar-refractivity contribution is -0.128. The molecule has 0 aliphatic heterocycles. The fourth-order valence-corrected chi connectivity index (χ4v) is 2.75. The Hall–Kier alpha value is -2.69. The van der Waals surface area contributed by atoms with Gasteiger partial charge in [0.15, 0.2) is 17.6 Å². The van der Waals surface area contributed by atoms with E-state index in [0.717, 1.165) is 11.1 Å². The second-order valence-electron chi connectivity index (χ2n) is 7.13. The second-order valence-corrected chi connectivity index (χ2v) is 7.13. The Morgan fingerprint density at radius 1 is 1.00 bits per heavy atom. The number of ether oxygens (including phenoxy) is 3. The zero-order chi connectivity index (χ0) is 20.7. The van der Waals surface area contributed by atoms with Crippen LogP contribution in [0.1, 0.15) is 43.9 Å². The molecule has 2 aromatic carbocycles. The number of hydrogen-bond donors (Lipinski definition) is 1. The zero-order valence-electron chi connectivity index (χ0n) is 17.7. The Morgan fingerprint density at radius 3 is 2.36 bits per heavy atom. The van der Waals surface area contributed by atoms with Crippen molar-refractivity contribution in [1.29, 1.82) is 0 Å². The minimum atomic E-state index is -0.535. The van der Waals surface area contributed by atoms with Crippen LogP contribution >= 0.6 is 0 Å². The fourth-order valence-electron chi connectivity index (χ4n) is 2.75. The second kappa shape index (κ2) is 10.0. The molecule has 0 unspecified atom stereocenters. The highest BCUT2D eigenvalue weighted by Crippen LogP contribution is 2.29. The summed E-state index contributed by atoms with van der Waals surface area (Å²) in [6.07, 6.45) is 0.114. The molecule has 28 heavy (non-hydrogen) atoms. The average molecular weight is 386 g/mol. The molecule has 0 heterocycles. The van der Waals surface area contributed by atoms with Gasteiger partial charge in [-0.05, 0) is 75.1 Å². The highest BCUT2D eigenvalue weighted by atomic mass is 16.5. The molecular weight excluding hydrogens is 354 g/mol. The molecule has 0 bridgehead atoms. The molecule has 0 saturated heterocycles. The summed E-state index contributed by atoms with van der Waals surface area (Å²) >= 11 is 0. The summed E-state index contributed by atoms with van der Waals surface area (Å²) in [6.45, 7) is 10.3. The Balaban J connectivity index is 2.00. The molecular formula is C23H31NO4. The van der Waals surface area contributed by atoms with E-state index in [0.29, 0.717) is 30.2 Å². The van der Waals surface area contributed by atoms with Crippen molar-refractivity contribution in [2.24, 2.45) is 0 Å². The van der Waals surface area contributed by atoms with Crippen molar-refractivity contribution in [3.8, 4) is 17.2 Å². The van der Waals surface area contributed by atoms with Crippen molar-refractivity contribution in [2.75, 3.05) is 7.11 Å². The SMILES string of the molecule is CC[C@H](Oc1ccc(C)c(C)c1)C(=O)NCc1ccc(OC(C)C)c(OC)c1. The van der Waals surface area contributed by atoms with Crippen molar-refractivity contribution in [3.63, 3.8) is 0 Å². The van der Waals surface area contributed by atoms with E-state index >= 15 is 0 Å². The van der Waals surface area contributed by atoms with Gasteiger partial charge in [0.2, 0.25) is 0 Å². The lowest BCUT2D eigenvalue weighted by Gasteiger charge is -2.18. The van der Waals surface area contributed by atoms with Crippen LogP contribution in [0.2, 0.25) is 0 Å². The number of methoxy groups -OCH3 is 1. The van der Waals surface area contributed by atoms with Gasteiger partial charge < -0.3 is 19.5 Å². The van der Waals surface area contributed by atoms with Crippen LogP contribution in [0.15, 0.2) is 36.4 Å². The summed E-state index contributed by atoms with van der Waals surface area (Å²) in [6, 6.07) is 11.5. The fraction of sp³-hybridized carbons (Fsp3) is 0.435. The lowest BCUT2D eigenvalue weighted by Crippen LogP contribution is -2.37. The first-order valence-corrected chi connectivity index (χ1v) is 9.69. The number of carbonyl (C=O) groups excluding carboxylic acids is 1. The highest BCUT2D eigenvalue weighted by Gasteiger charge is 2.18. The van der Waals surface area contributed by atoms with Crippen LogP contribution in [0.3, 0.4) is 0 Å². The third-order valence-corrected chi connectivity index (χ3v) is 4.48. The molecule has 0 fully saturated rings. The first-order valence-electron chi connectivity index (χ1n) is 9.69. The molecule has 0 aromatic heterocycles. The monoisotopic (exact) mass is 385 g/mol. The van der Waals surface area contributed by atoms with Gasteiger partial charge in [0.1, 0.15) is 5.75 Å². The van der Waals surface area contributed by atoms with Gasteiger partial charge in [0.25, 0.3) is 5.91 Å². The van der Waals surface area contributed by atoms with Gasteiger partial charge >= 0.3 is 0 Å². The topological polar surface area (TPSA) is 56.8 Å². The van der Waals surface area contributed by atoms with E-state index in [1.807, 2.05) is 64.1 Å². The summed E-state index contributed by atoms with van der Waals surface area (Å²) in [7, 11) is 1.61. The average Bonchev–Trinajstić information content (AvgIpc) is 2.67. The van der Waals surface area contributed by atoms with Crippen LogP contribution in [0.4, 0.5) is 0 Å². The van der Waals surface area contributed by atoms with Crippen molar-refractivity contribution in [1.82, 2.24) is 5.32 Å². The number of carbonyl (C=O) groups is 1. The molecule has 1 amide bonds. The van der Waals surface area contributed by atoms with E-state index in [1.54, 1.807) is 7.11 Å². The molecule has 2 aromatic rings. The van der Waals surface area contributed by atoms with Gasteiger partial charge in [-0.25, -0.2) is 0 Å². The summed E-state index contributed by atoms with van der Waals surface area (Å²) in [5, 5.41) is 2.95. The molecule has 2 rings (SSSR count). The standard InChI is InChI=1S/C23H31NO4/c1-7-20(28-19-10-8-16(4)17(5)12-19)23(25)24-14-18-9-11-21(27-15(2)3)22(13-18)26-6/h8-13,15,20H,7,14H2,1-6H3,(H,24,25)/t20-/m0/s1. The number of hydrogen-bond acceptors (Lipinski definition) is 4. The van der Waals surface area contributed by atoms with Crippen LogP contribution in [0, 0.1) is 13.8 Å². The largest absolute Gasteiger partial charge is 0.493 e. The zero-order valence-corrected chi connectivity index (χ0v) is 17.7. The quantitative estimate of drug-likeness (QED) is 0.687. The summed E-state index contributed by atoms with van der Waals surface area (Å²) in [4.78, 5) is 12.6. The maximum Gasteiger partial charge on any atom is 0.261 e. The lowest BCUT2D eigenvalue weighted by atomic mass is 10.1. The molecule has 5 heteroatoms. The van der Waals surface area contributed by atoms with Crippen LogP contribution in [0.5, 0.6) is 17.2 Å². The molecule has 152 valence electrons. The molecule has 1 atom stereocenters. The summed E-state index contributed by atoms with van der Waals surface area (Å²) < 4.78 is 17.0. The van der Waals surface area contributed by atoms with Gasteiger partial charge in [0, 0.05) is 6.54 Å². The highest BCUT2D eigenvalue weighted by molar-refractivity contribution is 5.81. The van der Waals surface area contributed by atoms with Crippen molar-refractivity contribution >= 4 is 5.91 Å². The number of nitrogens with one attached hydrogen (secondary N) is 1. The predicted octanol–water partition coefficient (Wildman–Crippen LogP) is 4.57.